The molecule has 0 amide bonds. The van der Waals surface area contributed by atoms with Gasteiger partial charge in [0.05, 0.1) is 18.6 Å². The first kappa shape index (κ1) is 18.4. The fraction of sp³-hybridized carbons (Fsp3) is 0.933. The smallest absolute Gasteiger partial charge is 0.305 e. The maximum atomic E-state index is 11.5. The van der Waals surface area contributed by atoms with Crippen molar-refractivity contribution < 1.29 is 19.7 Å². The third-order valence-electron chi connectivity index (χ3n) is 3.62. The molecule has 0 atom stereocenters. The Kier molecular flexibility index (Phi) is 9.88. The summed E-state index contributed by atoms with van der Waals surface area (Å²) in [5.41, 5.74) is -0.687. The molecule has 0 aliphatic heterocycles. The van der Waals surface area contributed by atoms with Crippen LogP contribution in [-0.2, 0) is 9.53 Å². The predicted octanol–water partition coefficient (Wildman–Crippen LogP) is 2.52. The van der Waals surface area contributed by atoms with E-state index >= 15 is 0 Å². The van der Waals surface area contributed by atoms with Crippen LogP contribution in [0.5, 0.6) is 0 Å². The number of aliphatic hydroxyl groups is 2. The van der Waals surface area contributed by atoms with Gasteiger partial charge in [0.15, 0.2) is 0 Å². The summed E-state index contributed by atoms with van der Waals surface area (Å²) in [5.74, 6) is 0.482. The van der Waals surface area contributed by atoms with E-state index in [9.17, 15) is 15.0 Å². The van der Waals surface area contributed by atoms with Crippen molar-refractivity contribution in [3.8, 4) is 0 Å². The van der Waals surface area contributed by atoms with Crippen LogP contribution in [0.1, 0.15) is 59.3 Å². The first-order valence-corrected chi connectivity index (χ1v) is 7.37. The lowest BCUT2D eigenvalue weighted by molar-refractivity contribution is -0.149. The van der Waals surface area contributed by atoms with Gasteiger partial charge < -0.3 is 14.9 Å². The van der Waals surface area contributed by atoms with Gasteiger partial charge in [-0.3, -0.25) is 4.79 Å². The molecule has 0 fully saturated rings. The van der Waals surface area contributed by atoms with Crippen molar-refractivity contribution in [1.29, 1.82) is 0 Å². The van der Waals surface area contributed by atoms with Gasteiger partial charge in [0.2, 0.25) is 0 Å². The summed E-state index contributed by atoms with van der Waals surface area (Å²) in [5, 5.41) is 18.5. The Hall–Kier alpha value is -0.610. The predicted molar refractivity (Wildman–Crippen MR) is 75.8 cm³/mol. The van der Waals surface area contributed by atoms with Crippen LogP contribution < -0.4 is 0 Å². The summed E-state index contributed by atoms with van der Waals surface area (Å²) in [6, 6.07) is 0. The Morgan fingerprint density at radius 3 is 2.26 bits per heavy atom. The van der Waals surface area contributed by atoms with Crippen LogP contribution in [0.4, 0.5) is 0 Å². The van der Waals surface area contributed by atoms with E-state index in [-0.39, 0.29) is 25.8 Å². The van der Waals surface area contributed by atoms with Crippen molar-refractivity contribution in [2.75, 3.05) is 19.8 Å². The molecule has 0 radical (unpaired) electrons. The number of rotatable bonds is 11. The first-order chi connectivity index (χ1) is 8.99. The lowest BCUT2D eigenvalue weighted by atomic mass is 9.88. The van der Waals surface area contributed by atoms with Crippen LogP contribution in [0.2, 0.25) is 0 Å². The molecule has 0 aliphatic rings. The number of unbranched alkanes of at least 4 members (excludes halogenated alkanes) is 2. The van der Waals surface area contributed by atoms with Crippen LogP contribution in [-0.4, -0.2) is 36.0 Å². The Morgan fingerprint density at radius 1 is 1.16 bits per heavy atom. The Bertz CT molecular complexity index is 226. The lowest BCUT2D eigenvalue weighted by Crippen LogP contribution is -2.35. The van der Waals surface area contributed by atoms with E-state index in [1.807, 2.05) is 6.92 Å². The van der Waals surface area contributed by atoms with E-state index in [2.05, 4.69) is 13.8 Å². The number of ether oxygens (including phenoxy) is 1. The SMILES string of the molecule is CCC(CO)(CO)COC(=O)CCCCCC(C)C. The third kappa shape index (κ3) is 8.22. The van der Waals surface area contributed by atoms with E-state index in [1.54, 1.807) is 0 Å². The van der Waals surface area contributed by atoms with Crippen molar-refractivity contribution >= 4 is 5.97 Å². The molecule has 0 unspecified atom stereocenters. The Morgan fingerprint density at radius 2 is 1.79 bits per heavy atom. The molecule has 2 N–H and O–H groups in total. The zero-order chi connectivity index (χ0) is 14.7. The van der Waals surface area contributed by atoms with Gasteiger partial charge in [-0.05, 0) is 18.8 Å². The van der Waals surface area contributed by atoms with Gasteiger partial charge in [0, 0.05) is 6.42 Å². The maximum absolute atomic E-state index is 11.5. The quantitative estimate of drug-likeness (QED) is 0.449. The highest BCUT2D eigenvalue weighted by Gasteiger charge is 2.28. The number of aliphatic hydroxyl groups excluding tert-OH is 2. The molecule has 0 rings (SSSR count). The van der Waals surface area contributed by atoms with Gasteiger partial charge in [-0.15, -0.1) is 0 Å². The van der Waals surface area contributed by atoms with Gasteiger partial charge in [-0.1, -0.05) is 40.0 Å². The molecule has 0 aliphatic carbocycles. The lowest BCUT2D eigenvalue weighted by Gasteiger charge is -2.27. The van der Waals surface area contributed by atoms with Gasteiger partial charge in [0.1, 0.15) is 6.61 Å². The van der Waals surface area contributed by atoms with Crippen molar-refractivity contribution in [2.24, 2.45) is 11.3 Å². The summed E-state index contributed by atoms with van der Waals surface area (Å²) in [4.78, 5) is 11.5. The fourth-order valence-corrected chi connectivity index (χ4v) is 1.77. The summed E-state index contributed by atoms with van der Waals surface area (Å²) < 4.78 is 5.15. The van der Waals surface area contributed by atoms with Crippen LogP contribution in [0.3, 0.4) is 0 Å². The third-order valence-corrected chi connectivity index (χ3v) is 3.62. The van der Waals surface area contributed by atoms with Crippen LogP contribution in [0, 0.1) is 11.3 Å². The average Bonchev–Trinajstić information content (AvgIpc) is 2.40. The molecule has 114 valence electrons. The molecule has 0 bridgehead atoms. The molecule has 0 heterocycles. The molecular formula is C15H30O4. The zero-order valence-electron chi connectivity index (χ0n) is 12.7. The summed E-state index contributed by atoms with van der Waals surface area (Å²) in [6.45, 7) is 6.03. The van der Waals surface area contributed by atoms with E-state index in [1.165, 1.54) is 6.42 Å². The summed E-state index contributed by atoms with van der Waals surface area (Å²) in [7, 11) is 0. The van der Waals surface area contributed by atoms with Crippen molar-refractivity contribution in [1.82, 2.24) is 0 Å². The first-order valence-electron chi connectivity index (χ1n) is 7.37. The topological polar surface area (TPSA) is 66.8 Å². The minimum Gasteiger partial charge on any atom is -0.465 e. The highest BCUT2D eigenvalue weighted by atomic mass is 16.5. The summed E-state index contributed by atoms with van der Waals surface area (Å²) >= 11 is 0. The number of carbonyl (C=O) groups excluding carboxylic acids is 1. The second-order valence-corrected chi connectivity index (χ2v) is 5.82. The van der Waals surface area contributed by atoms with E-state index < -0.39 is 5.41 Å². The molecule has 0 saturated heterocycles. The standard InChI is InChI=1S/C15H30O4/c1-4-15(10-16,11-17)12-19-14(18)9-7-5-6-8-13(2)3/h13,16-17H,4-12H2,1-3H3. The number of hydrogen-bond acceptors (Lipinski definition) is 4. The number of esters is 1. The van der Waals surface area contributed by atoms with Gasteiger partial charge in [0.25, 0.3) is 0 Å². The van der Waals surface area contributed by atoms with E-state index in [0.29, 0.717) is 18.8 Å². The second kappa shape index (κ2) is 10.2. The van der Waals surface area contributed by atoms with Crippen molar-refractivity contribution in [3.05, 3.63) is 0 Å². The van der Waals surface area contributed by atoms with Crippen LogP contribution >= 0.6 is 0 Å². The van der Waals surface area contributed by atoms with Crippen LogP contribution in [0.15, 0.2) is 0 Å². The molecule has 0 spiro atoms. The summed E-state index contributed by atoms with van der Waals surface area (Å²) in [6.07, 6.45) is 5.26. The largest absolute Gasteiger partial charge is 0.465 e. The van der Waals surface area contributed by atoms with Gasteiger partial charge in [-0.2, -0.15) is 0 Å². The molecule has 0 aromatic heterocycles. The molecule has 4 nitrogen and oxygen atoms in total. The highest BCUT2D eigenvalue weighted by Crippen LogP contribution is 2.21. The molecule has 0 aromatic carbocycles. The fourth-order valence-electron chi connectivity index (χ4n) is 1.77. The average molecular weight is 274 g/mol. The molecule has 4 heteroatoms. The van der Waals surface area contributed by atoms with Crippen molar-refractivity contribution in [2.45, 2.75) is 59.3 Å². The maximum Gasteiger partial charge on any atom is 0.305 e. The van der Waals surface area contributed by atoms with Crippen molar-refractivity contribution in [3.63, 3.8) is 0 Å². The monoisotopic (exact) mass is 274 g/mol. The molecule has 0 aromatic rings. The highest BCUT2D eigenvalue weighted by molar-refractivity contribution is 5.69. The minimum absolute atomic E-state index is 0.0985. The van der Waals surface area contributed by atoms with Gasteiger partial charge >= 0.3 is 5.97 Å². The zero-order valence-corrected chi connectivity index (χ0v) is 12.7. The van der Waals surface area contributed by atoms with Gasteiger partial charge in [-0.25, -0.2) is 0 Å². The molecule has 0 saturated carbocycles. The number of hydrogen-bond donors (Lipinski definition) is 2. The Balaban J connectivity index is 3.74. The molecular weight excluding hydrogens is 244 g/mol. The van der Waals surface area contributed by atoms with Crippen LogP contribution in [0.25, 0.3) is 0 Å². The normalized spacial score (nSPS) is 11.9. The molecule has 19 heavy (non-hydrogen) atoms. The second-order valence-electron chi connectivity index (χ2n) is 5.82. The minimum atomic E-state index is -0.687. The van der Waals surface area contributed by atoms with E-state index in [0.717, 1.165) is 19.3 Å². The van der Waals surface area contributed by atoms with E-state index in [4.69, 9.17) is 4.74 Å². The Labute approximate surface area is 117 Å². The number of carbonyl (C=O) groups is 1.